The molecule has 1 fully saturated rings. The normalized spacial score (nSPS) is 16.8. The number of halogens is 5. The maximum atomic E-state index is 13.1. The Morgan fingerprint density at radius 2 is 1.78 bits per heavy atom. The SMILES string of the molecule is Fc1ccc2cc(C3CC3)[s+](C(F)(F)F)c2c1.[Cl-]. The molecule has 0 saturated heterocycles. The fourth-order valence-electron chi connectivity index (χ4n) is 2.05. The van der Waals surface area contributed by atoms with Crippen LogP contribution in [0, 0.1) is 5.82 Å². The lowest BCUT2D eigenvalue weighted by atomic mass is 10.2. The first-order valence-electron chi connectivity index (χ1n) is 5.29. The van der Waals surface area contributed by atoms with Crippen LogP contribution in [0.5, 0.6) is 0 Å². The van der Waals surface area contributed by atoms with Crippen molar-refractivity contribution < 1.29 is 30.0 Å². The minimum Gasteiger partial charge on any atom is -1.00 e. The van der Waals surface area contributed by atoms with Gasteiger partial charge >= 0.3 is 5.51 Å². The molecule has 3 rings (SSSR count). The summed E-state index contributed by atoms with van der Waals surface area (Å²) in [5.74, 6) is -0.550. The number of alkyl halides is 3. The van der Waals surface area contributed by atoms with Crippen LogP contribution in [0.3, 0.4) is 0 Å². The van der Waals surface area contributed by atoms with Gasteiger partial charge in [0.15, 0.2) is 9.58 Å². The standard InChI is InChI=1S/C12H9F4S.ClH/c13-9-4-3-8-5-10(7-1-2-7)17(11(8)6-9)12(14,15)16;/h3-7H,1-2H2;1H/q+1;/p-1. The number of fused-ring (bicyclic) bond motifs is 1. The molecule has 1 saturated carbocycles. The second-order valence-corrected chi connectivity index (χ2v) is 6.24. The van der Waals surface area contributed by atoms with E-state index in [4.69, 9.17) is 0 Å². The fraction of sp³-hybridized carbons (Fsp3) is 0.333. The van der Waals surface area contributed by atoms with Gasteiger partial charge in [-0.2, -0.15) is 0 Å². The van der Waals surface area contributed by atoms with Crippen LogP contribution in [0.2, 0.25) is 0 Å². The van der Waals surface area contributed by atoms with Gasteiger partial charge in [0.25, 0.3) is 0 Å². The highest BCUT2D eigenvalue weighted by Crippen LogP contribution is 2.57. The summed E-state index contributed by atoms with van der Waals surface area (Å²) in [5.41, 5.74) is -4.30. The van der Waals surface area contributed by atoms with E-state index in [-0.39, 0.29) is 23.0 Å². The first kappa shape index (κ1) is 13.6. The third-order valence-electron chi connectivity index (χ3n) is 2.94. The van der Waals surface area contributed by atoms with Gasteiger partial charge < -0.3 is 12.4 Å². The molecule has 1 aromatic heterocycles. The molecule has 2 aromatic rings. The van der Waals surface area contributed by atoms with Crippen molar-refractivity contribution >= 4 is 20.6 Å². The van der Waals surface area contributed by atoms with Crippen molar-refractivity contribution in [1.29, 1.82) is 0 Å². The van der Waals surface area contributed by atoms with Gasteiger partial charge in [0.1, 0.15) is 5.82 Å². The Morgan fingerprint density at radius 3 is 2.33 bits per heavy atom. The molecule has 1 aliphatic carbocycles. The average Bonchev–Trinajstić information content (AvgIpc) is 2.97. The van der Waals surface area contributed by atoms with Crippen molar-refractivity contribution in [2.45, 2.75) is 24.3 Å². The molecule has 0 radical (unpaired) electrons. The van der Waals surface area contributed by atoms with Crippen molar-refractivity contribution in [1.82, 2.24) is 0 Å². The monoisotopic (exact) mass is 296 g/mol. The van der Waals surface area contributed by atoms with E-state index in [1.165, 1.54) is 12.1 Å². The molecule has 0 bridgehead atoms. The Morgan fingerprint density at radius 1 is 1.11 bits per heavy atom. The van der Waals surface area contributed by atoms with Crippen molar-refractivity contribution in [3.8, 4) is 0 Å². The molecule has 0 nitrogen and oxygen atoms in total. The van der Waals surface area contributed by atoms with Crippen molar-refractivity contribution in [3.05, 3.63) is 35.0 Å². The summed E-state index contributed by atoms with van der Waals surface area (Å²) < 4.78 is 52.4. The summed E-state index contributed by atoms with van der Waals surface area (Å²) in [6.07, 6.45) is 1.64. The van der Waals surface area contributed by atoms with Crippen LogP contribution in [-0.4, -0.2) is 0 Å². The molecule has 1 aliphatic rings. The highest BCUT2D eigenvalue weighted by Gasteiger charge is 2.51. The van der Waals surface area contributed by atoms with Crippen molar-refractivity contribution in [2.24, 2.45) is 0 Å². The molecule has 1 aromatic carbocycles. The Labute approximate surface area is 110 Å². The molecule has 0 spiro atoms. The molecule has 0 N–H and O–H groups in total. The number of benzene rings is 1. The minimum atomic E-state index is -4.30. The molecular weight excluding hydrogens is 288 g/mol. The van der Waals surface area contributed by atoms with Crippen molar-refractivity contribution in [3.63, 3.8) is 0 Å². The zero-order valence-electron chi connectivity index (χ0n) is 9.10. The summed E-state index contributed by atoms with van der Waals surface area (Å²) in [5, 5.41) is 0.522. The molecule has 98 valence electrons. The summed E-state index contributed by atoms with van der Waals surface area (Å²) in [4.78, 5) is 0.443. The predicted octanol–water partition coefficient (Wildman–Crippen LogP) is 2.09. The molecule has 18 heavy (non-hydrogen) atoms. The second kappa shape index (κ2) is 4.38. The topological polar surface area (TPSA) is 0 Å². The zero-order chi connectivity index (χ0) is 12.2. The largest absolute Gasteiger partial charge is 1.00 e. The van der Waals surface area contributed by atoms with Crippen LogP contribution in [-0.2, 0) is 5.51 Å². The highest BCUT2D eigenvalue weighted by molar-refractivity contribution is 7.38. The van der Waals surface area contributed by atoms with Crippen LogP contribution < -0.4 is 12.4 Å². The third kappa shape index (κ3) is 2.21. The number of hydrogen-bond acceptors (Lipinski definition) is 0. The van der Waals surface area contributed by atoms with Gasteiger partial charge in [-0.25, -0.2) is 4.39 Å². The maximum absolute atomic E-state index is 13.1. The fourth-order valence-corrected chi connectivity index (χ4v) is 4.23. The minimum absolute atomic E-state index is 0. The second-order valence-electron chi connectivity index (χ2n) is 4.26. The van der Waals surface area contributed by atoms with Gasteiger partial charge in [-0.05, 0) is 25.0 Å². The lowest BCUT2D eigenvalue weighted by Crippen LogP contribution is -3.00. The van der Waals surface area contributed by atoms with Gasteiger partial charge in [0, 0.05) is 23.4 Å². The van der Waals surface area contributed by atoms with Crippen LogP contribution in [0.4, 0.5) is 17.6 Å². The molecule has 0 amide bonds. The molecule has 1 unspecified atom stereocenters. The zero-order valence-corrected chi connectivity index (χ0v) is 10.7. The van der Waals surface area contributed by atoms with Gasteiger partial charge in [-0.15, -0.1) is 13.2 Å². The number of thiophene rings is 1. The lowest BCUT2D eigenvalue weighted by Gasteiger charge is -1.98. The van der Waals surface area contributed by atoms with E-state index in [1.807, 2.05) is 0 Å². The Bertz CT molecular complexity index is 584. The van der Waals surface area contributed by atoms with E-state index in [1.54, 1.807) is 6.07 Å². The Kier molecular flexibility index (Phi) is 3.32. The number of rotatable bonds is 1. The molecule has 1 heterocycles. The van der Waals surface area contributed by atoms with Gasteiger partial charge in [-0.3, -0.25) is 0 Å². The average molecular weight is 297 g/mol. The van der Waals surface area contributed by atoms with E-state index >= 15 is 0 Å². The molecular formula is C12H9ClF4S. The predicted molar refractivity (Wildman–Crippen MR) is 59.7 cm³/mol. The van der Waals surface area contributed by atoms with E-state index in [0.717, 1.165) is 18.9 Å². The third-order valence-corrected chi connectivity index (χ3v) is 5.12. The van der Waals surface area contributed by atoms with Crippen molar-refractivity contribution in [2.75, 3.05) is 0 Å². The van der Waals surface area contributed by atoms with Gasteiger partial charge in [0.2, 0.25) is 0 Å². The Hall–Kier alpha value is -0.810. The van der Waals surface area contributed by atoms with E-state index < -0.39 is 21.8 Å². The lowest BCUT2D eigenvalue weighted by molar-refractivity contribution is -0.0867. The summed E-state index contributed by atoms with van der Waals surface area (Å²) >= 11 is 0. The van der Waals surface area contributed by atoms with Crippen LogP contribution in [0.25, 0.3) is 10.1 Å². The van der Waals surface area contributed by atoms with E-state index in [9.17, 15) is 17.6 Å². The maximum Gasteiger partial charge on any atom is 0.600 e. The summed E-state index contributed by atoms with van der Waals surface area (Å²) in [6, 6.07) is 5.27. The number of hydrogen-bond donors (Lipinski definition) is 0. The first-order valence-corrected chi connectivity index (χ1v) is 6.51. The smallest absolute Gasteiger partial charge is 0.600 e. The van der Waals surface area contributed by atoms with Gasteiger partial charge in [0.05, 0.1) is 10.5 Å². The van der Waals surface area contributed by atoms with Crippen LogP contribution >= 0.6 is 10.5 Å². The first-order chi connectivity index (χ1) is 7.97. The Balaban J connectivity index is 0.00000120. The highest BCUT2D eigenvalue weighted by atomic mass is 35.5. The van der Waals surface area contributed by atoms with E-state index in [2.05, 4.69) is 0 Å². The van der Waals surface area contributed by atoms with Crippen LogP contribution in [0.1, 0.15) is 23.6 Å². The van der Waals surface area contributed by atoms with E-state index in [0.29, 0.717) is 10.3 Å². The quantitative estimate of drug-likeness (QED) is 0.558. The van der Waals surface area contributed by atoms with Gasteiger partial charge in [-0.1, -0.05) is 0 Å². The summed E-state index contributed by atoms with van der Waals surface area (Å²) in [7, 11) is -1.91. The molecule has 1 atom stereocenters. The molecule has 6 heteroatoms. The molecule has 0 aliphatic heterocycles. The summed E-state index contributed by atoms with van der Waals surface area (Å²) in [6.45, 7) is 0. The van der Waals surface area contributed by atoms with Crippen LogP contribution in [0.15, 0.2) is 24.3 Å².